The molecule has 3 aromatic rings. The van der Waals surface area contributed by atoms with Crippen molar-refractivity contribution in [2.45, 2.75) is 5.16 Å². The summed E-state index contributed by atoms with van der Waals surface area (Å²) in [6, 6.07) is 9.46. The van der Waals surface area contributed by atoms with Crippen LogP contribution in [0.2, 0.25) is 0 Å². The smallest absolute Gasteiger partial charge is 0.205 e. The maximum absolute atomic E-state index is 5.53. The second-order valence-corrected chi connectivity index (χ2v) is 5.71. The van der Waals surface area contributed by atoms with E-state index < -0.39 is 0 Å². The van der Waals surface area contributed by atoms with Crippen molar-refractivity contribution in [3.8, 4) is 45.5 Å². The summed E-state index contributed by atoms with van der Waals surface area (Å²) in [7, 11) is 6.35. The Kier molecular flexibility index (Phi) is 5.22. The van der Waals surface area contributed by atoms with Crippen molar-refractivity contribution >= 4 is 12.6 Å². The van der Waals surface area contributed by atoms with Crippen LogP contribution in [0.1, 0.15) is 0 Å². The van der Waals surface area contributed by atoms with Gasteiger partial charge in [-0.15, -0.1) is 17.7 Å². The van der Waals surface area contributed by atoms with E-state index >= 15 is 0 Å². The van der Waals surface area contributed by atoms with Crippen LogP contribution in [0.4, 0.5) is 0 Å². The lowest BCUT2D eigenvalue weighted by Crippen LogP contribution is -1.97. The molecular formula is C18H19N3O4S. The molecule has 0 bridgehead atoms. The molecule has 0 radical (unpaired) electrons. The molecule has 1 N–H and O–H groups in total. The highest BCUT2D eigenvalue weighted by molar-refractivity contribution is 7.80. The number of nitrogens with one attached hydrogen (secondary N) is 1. The molecule has 0 aliphatic rings. The van der Waals surface area contributed by atoms with Gasteiger partial charge < -0.3 is 18.9 Å². The van der Waals surface area contributed by atoms with Gasteiger partial charge in [-0.05, 0) is 35.9 Å². The Morgan fingerprint density at radius 3 is 1.96 bits per heavy atom. The van der Waals surface area contributed by atoms with Crippen molar-refractivity contribution in [3.63, 3.8) is 0 Å². The third-order valence-corrected chi connectivity index (χ3v) is 4.12. The van der Waals surface area contributed by atoms with E-state index in [0.717, 1.165) is 16.7 Å². The highest BCUT2D eigenvalue weighted by Gasteiger charge is 2.17. The lowest BCUT2D eigenvalue weighted by Gasteiger charge is -2.16. The summed E-state index contributed by atoms with van der Waals surface area (Å²) in [5, 5.41) is 7.19. The van der Waals surface area contributed by atoms with Gasteiger partial charge in [-0.25, -0.2) is 4.98 Å². The zero-order valence-electron chi connectivity index (χ0n) is 14.9. The van der Waals surface area contributed by atoms with Crippen molar-refractivity contribution in [2.75, 3.05) is 28.4 Å². The van der Waals surface area contributed by atoms with E-state index in [-0.39, 0.29) is 0 Å². The van der Waals surface area contributed by atoms with E-state index in [1.807, 2.05) is 30.3 Å². The van der Waals surface area contributed by atoms with Gasteiger partial charge in [0.1, 0.15) is 5.75 Å². The molecule has 0 fully saturated rings. The number of benzene rings is 2. The molecular weight excluding hydrogens is 354 g/mol. The van der Waals surface area contributed by atoms with E-state index in [4.69, 9.17) is 18.9 Å². The van der Waals surface area contributed by atoms with Crippen LogP contribution in [-0.4, -0.2) is 43.6 Å². The summed E-state index contributed by atoms with van der Waals surface area (Å²) < 4.78 is 21.8. The van der Waals surface area contributed by atoms with Gasteiger partial charge in [-0.1, -0.05) is 0 Å². The monoisotopic (exact) mass is 373 g/mol. The van der Waals surface area contributed by atoms with Crippen molar-refractivity contribution in [1.82, 2.24) is 15.2 Å². The van der Waals surface area contributed by atoms with Crippen LogP contribution >= 0.6 is 12.6 Å². The van der Waals surface area contributed by atoms with Crippen molar-refractivity contribution in [3.05, 3.63) is 30.3 Å². The predicted octanol–water partition coefficient (Wildman–Crippen LogP) is 3.46. The summed E-state index contributed by atoms with van der Waals surface area (Å²) in [6.45, 7) is 0. The average Bonchev–Trinajstić information content (AvgIpc) is 3.12. The Hall–Kier alpha value is -2.87. The maximum atomic E-state index is 5.53. The highest BCUT2D eigenvalue weighted by atomic mass is 32.1. The van der Waals surface area contributed by atoms with Gasteiger partial charge in [0.05, 0.1) is 28.4 Å². The standard InChI is InChI=1S/C18H19N3O4S/c1-22-13-6-5-10(17-19-18(26)21-20-17)7-12(13)11-8-14(23-2)16(25-4)15(9-11)24-3/h5-9H,1-4H3,(H2,19,20,21,26). The maximum Gasteiger partial charge on any atom is 0.205 e. The van der Waals surface area contributed by atoms with E-state index in [9.17, 15) is 0 Å². The zero-order chi connectivity index (χ0) is 18.7. The molecule has 3 rings (SSSR count). The first-order valence-electron chi connectivity index (χ1n) is 7.71. The quantitative estimate of drug-likeness (QED) is 0.644. The number of thiol groups is 1. The molecule has 0 unspecified atom stereocenters. The number of methoxy groups -OCH3 is 4. The van der Waals surface area contributed by atoms with Crippen molar-refractivity contribution in [1.29, 1.82) is 0 Å². The van der Waals surface area contributed by atoms with E-state index in [2.05, 4.69) is 27.8 Å². The molecule has 0 atom stereocenters. The van der Waals surface area contributed by atoms with Gasteiger partial charge in [-0.3, -0.25) is 5.10 Å². The fraction of sp³-hybridized carbons (Fsp3) is 0.222. The molecule has 0 spiro atoms. The van der Waals surface area contributed by atoms with E-state index in [0.29, 0.717) is 34.0 Å². The Balaban J connectivity index is 2.18. The summed E-state index contributed by atoms with van der Waals surface area (Å²) in [6.07, 6.45) is 0. The molecule has 136 valence electrons. The van der Waals surface area contributed by atoms with Gasteiger partial charge in [0.25, 0.3) is 0 Å². The second-order valence-electron chi connectivity index (χ2n) is 5.31. The van der Waals surface area contributed by atoms with Crippen LogP contribution in [-0.2, 0) is 0 Å². The normalized spacial score (nSPS) is 10.5. The van der Waals surface area contributed by atoms with Gasteiger partial charge in [0.15, 0.2) is 17.3 Å². The minimum absolute atomic E-state index is 0.380. The first-order valence-corrected chi connectivity index (χ1v) is 8.16. The van der Waals surface area contributed by atoms with Gasteiger partial charge in [-0.2, -0.15) is 0 Å². The Morgan fingerprint density at radius 2 is 1.46 bits per heavy atom. The van der Waals surface area contributed by atoms with Crippen LogP contribution in [0.15, 0.2) is 35.5 Å². The lowest BCUT2D eigenvalue weighted by atomic mass is 10.0. The lowest BCUT2D eigenvalue weighted by molar-refractivity contribution is 0.324. The molecule has 0 saturated carbocycles. The Bertz CT molecular complexity index is 902. The zero-order valence-corrected chi connectivity index (χ0v) is 15.8. The summed E-state index contributed by atoms with van der Waals surface area (Å²) >= 11 is 4.14. The molecule has 1 heterocycles. The molecule has 1 aromatic heterocycles. The first-order chi connectivity index (χ1) is 12.6. The SMILES string of the molecule is COc1ccc(-c2nc(S)n[nH]2)cc1-c1cc(OC)c(OC)c(OC)c1. The molecule has 2 aromatic carbocycles. The van der Waals surface area contributed by atoms with Gasteiger partial charge >= 0.3 is 0 Å². The van der Waals surface area contributed by atoms with Gasteiger partial charge in [0, 0.05) is 11.1 Å². The van der Waals surface area contributed by atoms with Crippen LogP contribution in [0.5, 0.6) is 23.0 Å². The van der Waals surface area contributed by atoms with Crippen molar-refractivity contribution in [2.24, 2.45) is 0 Å². The van der Waals surface area contributed by atoms with Crippen LogP contribution in [0.25, 0.3) is 22.5 Å². The summed E-state index contributed by atoms with van der Waals surface area (Å²) in [5.74, 6) is 2.97. The Labute approximate surface area is 156 Å². The number of aromatic nitrogens is 3. The first kappa shape index (κ1) is 17.9. The second kappa shape index (κ2) is 7.57. The third kappa shape index (κ3) is 3.28. The van der Waals surface area contributed by atoms with Gasteiger partial charge in [0.2, 0.25) is 10.9 Å². The van der Waals surface area contributed by atoms with E-state index in [1.165, 1.54) is 0 Å². The third-order valence-electron chi connectivity index (χ3n) is 3.92. The molecule has 8 heteroatoms. The number of rotatable bonds is 6. The number of aromatic amines is 1. The highest BCUT2D eigenvalue weighted by Crippen LogP contribution is 2.43. The molecule has 0 aliphatic heterocycles. The number of ether oxygens (including phenoxy) is 4. The topological polar surface area (TPSA) is 78.5 Å². The van der Waals surface area contributed by atoms with Crippen LogP contribution in [0.3, 0.4) is 0 Å². The van der Waals surface area contributed by atoms with Crippen molar-refractivity contribution < 1.29 is 18.9 Å². The molecule has 0 aliphatic carbocycles. The minimum atomic E-state index is 0.380. The van der Waals surface area contributed by atoms with E-state index in [1.54, 1.807) is 28.4 Å². The minimum Gasteiger partial charge on any atom is -0.496 e. The fourth-order valence-electron chi connectivity index (χ4n) is 2.70. The number of H-pyrrole nitrogens is 1. The summed E-state index contributed by atoms with van der Waals surface area (Å²) in [4.78, 5) is 4.25. The predicted molar refractivity (Wildman–Crippen MR) is 101 cm³/mol. The number of hydrogen-bond acceptors (Lipinski definition) is 7. The molecule has 7 nitrogen and oxygen atoms in total. The molecule has 0 saturated heterocycles. The molecule has 26 heavy (non-hydrogen) atoms. The average molecular weight is 373 g/mol. The largest absolute Gasteiger partial charge is 0.496 e. The molecule has 0 amide bonds. The number of hydrogen-bond donors (Lipinski definition) is 2. The number of nitrogens with zero attached hydrogens (tertiary/aromatic N) is 2. The summed E-state index contributed by atoms with van der Waals surface area (Å²) in [5.41, 5.74) is 2.55. The Morgan fingerprint density at radius 1 is 0.808 bits per heavy atom. The fourth-order valence-corrected chi connectivity index (χ4v) is 2.85. The van der Waals surface area contributed by atoms with Crippen LogP contribution < -0.4 is 18.9 Å². The van der Waals surface area contributed by atoms with Crippen LogP contribution in [0, 0.1) is 0 Å².